The molecule has 0 unspecified atom stereocenters. The van der Waals surface area contributed by atoms with Crippen LogP contribution in [0, 0.1) is 0 Å². The SMILES string of the molecule is Nc1cc(/C(=C/CO)c2cnn(Cc3ccccc3)c2)c2nn[nH]c2n1. The predicted molar refractivity (Wildman–Crippen MR) is 98.0 cm³/mol. The molecule has 4 aromatic rings. The summed E-state index contributed by atoms with van der Waals surface area (Å²) >= 11 is 0. The highest BCUT2D eigenvalue weighted by molar-refractivity contribution is 5.93. The molecule has 130 valence electrons. The van der Waals surface area contributed by atoms with Crippen molar-refractivity contribution in [2.45, 2.75) is 6.54 Å². The van der Waals surface area contributed by atoms with Crippen LogP contribution in [0.2, 0.25) is 0 Å². The summed E-state index contributed by atoms with van der Waals surface area (Å²) in [6.45, 7) is 0.534. The van der Waals surface area contributed by atoms with Gasteiger partial charge in [-0.1, -0.05) is 41.6 Å². The van der Waals surface area contributed by atoms with E-state index in [0.29, 0.717) is 23.5 Å². The van der Waals surface area contributed by atoms with Gasteiger partial charge < -0.3 is 10.8 Å². The number of nitrogen functional groups attached to an aromatic ring is 1. The zero-order valence-electron chi connectivity index (χ0n) is 13.9. The van der Waals surface area contributed by atoms with Gasteiger partial charge >= 0.3 is 0 Å². The number of hydrogen-bond acceptors (Lipinski definition) is 6. The molecule has 0 radical (unpaired) electrons. The number of aliphatic hydroxyl groups excluding tert-OH is 1. The van der Waals surface area contributed by atoms with Crippen LogP contribution >= 0.6 is 0 Å². The monoisotopic (exact) mass is 347 g/mol. The quantitative estimate of drug-likeness (QED) is 0.505. The molecule has 1 aromatic carbocycles. The van der Waals surface area contributed by atoms with Gasteiger partial charge in [0.15, 0.2) is 5.65 Å². The van der Waals surface area contributed by atoms with E-state index in [1.807, 2.05) is 41.2 Å². The Balaban J connectivity index is 1.74. The molecular formula is C18H17N7O. The molecular weight excluding hydrogens is 330 g/mol. The summed E-state index contributed by atoms with van der Waals surface area (Å²) < 4.78 is 1.85. The van der Waals surface area contributed by atoms with Gasteiger partial charge in [-0.2, -0.15) is 5.10 Å². The largest absolute Gasteiger partial charge is 0.392 e. The van der Waals surface area contributed by atoms with Crippen LogP contribution in [0.25, 0.3) is 16.7 Å². The van der Waals surface area contributed by atoms with Crippen molar-refractivity contribution in [2.75, 3.05) is 12.3 Å². The van der Waals surface area contributed by atoms with Gasteiger partial charge in [-0.3, -0.25) is 4.68 Å². The maximum atomic E-state index is 9.50. The molecule has 0 spiro atoms. The van der Waals surface area contributed by atoms with E-state index in [2.05, 4.69) is 25.5 Å². The number of aliphatic hydroxyl groups is 1. The number of benzene rings is 1. The van der Waals surface area contributed by atoms with Crippen molar-refractivity contribution in [3.8, 4) is 0 Å². The lowest BCUT2D eigenvalue weighted by molar-refractivity contribution is 0.343. The summed E-state index contributed by atoms with van der Waals surface area (Å²) in [6.07, 6.45) is 5.39. The van der Waals surface area contributed by atoms with Crippen molar-refractivity contribution in [1.82, 2.24) is 30.2 Å². The fraction of sp³-hybridized carbons (Fsp3) is 0.111. The Morgan fingerprint density at radius 2 is 2.12 bits per heavy atom. The second-order valence-electron chi connectivity index (χ2n) is 5.82. The second kappa shape index (κ2) is 6.77. The lowest BCUT2D eigenvalue weighted by Gasteiger charge is -2.07. The van der Waals surface area contributed by atoms with E-state index < -0.39 is 0 Å². The summed E-state index contributed by atoms with van der Waals surface area (Å²) in [5.41, 5.74) is 10.5. The molecule has 0 atom stereocenters. The highest BCUT2D eigenvalue weighted by atomic mass is 16.2. The van der Waals surface area contributed by atoms with Gasteiger partial charge in [0.05, 0.1) is 19.3 Å². The van der Waals surface area contributed by atoms with E-state index in [4.69, 9.17) is 5.73 Å². The molecule has 4 N–H and O–H groups in total. The number of pyridine rings is 1. The fourth-order valence-corrected chi connectivity index (χ4v) is 2.90. The molecule has 0 fully saturated rings. The van der Waals surface area contributed by atoms with Crippen LogP contribution in [0.15, 0.2) is 54.9 Å². The molecule has 0 saturated heterocycles. The van der Waals surface area contributed by atoms with Gasteiger partial charge in [0.25, 0.3) is 0 Å². The molecule has 3 heterocycles. The minimum atomic E-state index is -0.124. The molecule has 0 bridgehead atoms. The highest BCUT2D eigenvalue weighted by Gasteiger charge is 2.15. The fourth-order valence-electron chi connectivity index (χ4n) is 2.90. The number of aromatic nitrogens is 6. The van der Waals surface area contributed by atoms with E-state index >= 15 is 0 Å². The molecule has 4 rings (SSSR count). The van der Waals surface area contributed by atoms with Crippen LogP contribution in [0.3, 0.4) is 0 Å². The van der Waals surface area contributed by atoms with E-state index in [1.165, 1.54) is 0 Å². The van der Waals surface area contributed by atoms with Gasteiger partial charge in [0.2, 0.25) is 0 Å². The standard InChI is InChI=1S/C18H17N7O/c19-16-8-15(17-18(21-16)23-24-22-17)14(6-7-26)13-9-20-25(11-13)10-12-4-2-1-3-5-12/h1-6,8-9,11,26H,7,10H2,(H3,19,21,22,23,24)/b14-6+. The number of hydrogen-bond donors (Lipinski definition) is 3. The molecule has 8 nitrogen and oxygen atoms in total. The number of fused-ring (bicyclic) bond motifs is 1. The van der Waals surface area contributed by atoms with Crippen molar-refractivity contribution in [3.63, 3.8) is 0 Å². The Labute approximate surface area is 149 Å². The number of aromatic amines is 1. The first-order valence-corrected chi connectivity index (χ1v) is 8.10. The van der Waals surface area contributed by atoms with Crippen molar-refractivity contribution >= 4 is 22.6 Å². The predicted octanol–water partition coefficient (Wildman–Crippen LogP) is 1.60. The molecule has 26 heavy (non-hydrogen) atoms. The first kappa shape index (κ1) is 16.0. The molecule has 8 heteroatoms. The van der Waals surface area contributed by atoms with E-state index in [1.54, 1.807) is 18.3 Å². The van der Waals surface area contributed by atoms with Crippen LogP contribution < -0.4 is 5.73 Å². The summed E-state index contributed by atoms with van der Waals surface area (Å²) in [5.74, 6) is 0.346. The average molecular weight is 347 g/mol. The number of nitrogens with zero attached hydrogens (tertiary/aromatic N) is 5. The van der Waals surface area contributed by atoms with Crippen molar-refractivity contribution < 1.29 is 5.11 Å². The molecule has 0 aliphatic carbocycles. The molecule has 3 aromatic heterocycles. The van der Waals surface area contributed by atoms with Crippen LogP contribution in [0.1, 0.15) is 16.7 Å². The van der Waals surface area contributed by atoms with E-state index in [-0.39, 0.29) is 6.61 Å². The third kappa shape index (κ3) is 3.05. The topological polar surface area (TPSA) is 119 Å². The lowest BCUT2D eigenvalue weighted by Crippen LogP contribution is -1.99. The maximum absolute atomic E-state index is 9.50. The number of anilines is 1. The number of rotatable bonds is 5. The highest BCUT2D eigenvalue weighted by Crippen LogP contribution is 2.28. The van der Waals surface area contributed by atoms with Crippen molar-refractivity contribution in [1.29, 1.82) is 0 Å². The summed E-state index contributed by atoms with van der Waals surface area (Å²) in [7, 11) is 0. The minimum Gasteiger partial charge on any atom is -0.392 e. The zero-order chi connectivity index (χ0) is 17.9. The van der Waals surface area contributed by atoms with Crippen molar-refractivity contribution in [2.24, 2.45) is 0 Å². The Bertz CT molecular complexity index is 1070. The van der Waals surface area contributed by atoms with Crippen LogP contribution in [0.4, 0.5) is 5.82 Å². The summed E-state index contributed by atoms with van der Waals surface area (Å²) in [4.78, 5) is 4.18. The van der Waals surface area contributed by atoms with Gasteiger partial charge in [0.1, 0.15) is 11.3 Å². The Morgan fingerprint density at radius 1 is 1.27 bits per heavy atom. The zero-order valence-corrected chi connectivity index (χ0v) is 13.9. The Kier molecular flexibility index (Phi) is 4.16. The maximum Gasteiger partial charge on any atom is 0.178 e. The minimum absolute atomic E-state index is 0.124. The number of nitrogens with two attached hydrogens (primary N) is 1. The Hall–Kier alpha value is -3.52. The third-order valence-electron chi connectivity index (χ3n) is 4.04. The first-order valence-electron chi connectivity index (χ1n) is 8.10. The second-order valence-corrected chi connectivity index (χ2v) is 5.82. The van der Waals surface area contributed by atoms with E-state index in [0.717, 1.165) is 22.3 Å². The molecule has 0 amide bonds. The molecule has 0 saturated carbocycles. The smallest absolute Gasteiger partial charge is 0.178 e. The Morgan fingerprint density at radius 3 is 2.92 bits per heavy atom. The number of H-pyrrole nitrogens is 1. The normalized spacial score (nSPS) is 12.0. The van der Waals surface area contributed by atoms with E-state index in [9.17, 15) is 5.11 Å². The van der Waals surface area contributed by atoms with Crippen LogP contribution in [-0.4, -0.2) is 41.9 Å². The van der Waals surface area contributed by atoms with Crippen molar-refractivity contribution in [3.05, 3.63) is 71.6 Å². The molecule has 0 aliphatic heterocycles. The summed E-state index contributed by atoms with van der Waals surface area (Å²) in [6, 6.07) is 11.8. The van der Waals surface area contributed by atoms with Gasteiger partial charge in [-0.15, -0.1) is 5.10 Å². The molecule has 0 aliphatic rings. The third-order valence-corrected chi connectivity index (χ3v) is 4.04. The first-order chi connectivity index (χ1) is 12.7. The lowest BCUT2D eigenvalue weighted by atomic mass is 10.00. The van der Waals surface area contributed by atoms with Gasteiger partial charge in [-0.05, 0) is 17.2 Å². The average Bonchev–Trinajstić information content (AvgIpc) is 3.29. The van der Waals surface area contributed by atoms with Gasteiger partial charge in [-0.25, -0.2) is 10.1 Å². The van der Waals surface area contributed by atoms with Crippen LogP contribution in [0.5, 0.6) is 0 Å². The van der Waals surface area contributed by atoms with Gasteiger partial charge in [0, 0.05) is 17.3 Å². The van der Waals surface area contributed by atoms with Crippen LogP contribution in [-0.2, 0) is 6.54 Å². The number of nitrogens with one attached hydrogen (secondary N) is 1. The summed E-state index contributed by atoms with van der Waals surface area (Å²) in [5, 5.41) is 24.5.